The van der Waals surface area contributed by atoms with Crippen LogP contribution in [0.3, 0.4) is 0 Å². The monoisotopic (exact) mass is 598 g/mol. The predicted molar refractivity (Wildman–Crippen MR) is 165 cm³/mol. The third kappa shape index (κ3) is 6.52. The van der Waals surface area contributed by atoms with Crippen LogP contribution in [-0.4, -0.2) is 21.6 Å². The normalized spacial score (nSPS) is 11.0. The number of halogens is 2. The molecule has 0 atom stereocenters. The molecule has 0 unspecified atom stereocenters. The molecule has 0 spiro atoms. The van der Waals surface area contributed by atoms with Gasteiger partial charge in [-0.1, -0.05) is 65.7 Å². The molecule has 5 aromatic rings. The molecular weight excluding hydrogens is 575 g/mol. The summed E-state index contributed by atoms with van der Waals surface area (Å²) in [7, 11) is 0. The highest BCUT2D eigenvalue weighted by atomic mass is 35.5. The van der Waals surface area contributed by atoms with Gasteiger partial charge in [0.1, 0.15) is 6.61 Å². The molecule has 210 valence electrons. The second-order valence-electron chi connectivity index (χ2n) is 9.34. The zero-order valence-electron chi connectivity index (χ0n) is 22.3. The summed E-state index contributed by atoms with van der Waals surface area (Å²) in [4.78, 5) is 23.2. The Hall–Kier alpha value is -4.92. The van der Waals surface area contributed by atoms with Crippen molar-refractivity contribution in [3.05, 3.63) is 146 Å². The van der Waals surface area contributed by atoms with Gasteiger partial charge in [-0.2, -0.15) is 5.10 Å². The maximum atomic E-state index is 12.7. The van der Waals surface area contributed by atoms with Crippen LogP contribution >= 0.6 is 23.2 Å². The summed E-state index contributed by atoms with van der Waals surface area (Å²) in [5.41, 5.74) is 8.24. The van der Waals surface area contributed by atoms with E-state index < -0.39 is 4.92 Å². The number of benzene rings is 4. The summed E-state index contributed by atoms with van der Waals surface area (Å²) in [5.74, 6) is -0.140. The zero-order chi connectivity index (χ0) is 29.6. The lowest BCUT2D eigenvalue weighted by molar-refractivity contribution is -0.384. The van der Waals surface area contributed by atoms with Crippen molar-refractivity contribution in [1.82, 2.24) is 9.99 Å². The van der Waals surface area contributed by atoms with Crippen molar-refractivity contribution < 1.29 is 14.5 Å². The average Bonchev–Trinajstić information content (AvgIpc) is 3.38. The Morgan fingerprint density at radius 3 is 2.36 bits per heavy atom. The number of ether oxygens (including phenoxy) is 1. The molecule has 1 amide bonds. The second kappa shape index (κ2) is 12.7. The lowest BCUT2D eigenvalue weighted by Crippen LogP contribution is -2.17. The Morgan fingerprint density at radius 1 is 0.952 bits per heavy atom. The number of aromatic nitrogens is 1. The Labute approximate surface area is 251 Å². The number of hydrazone groups is 1. The zero-order valence-corrected chi connectivity index (χ0v) is 23.8. The third-order valence-corrected chi connectivity index (χ3v) is 7.00. The first-order valence-electron chi connectivity index (χ1n) is 12.8. The Balaban J connectivity index is 1.22. The van der Waals surface area contributed by atoms with Crippen LogP contribution in [0.5, 0.6) is 5.75 Å². The standard InChI is InChI=1S/C32H24Cl2N4O4/c1-21-10-15-30(24-7-3-2-4-8-24)37(21)26-13-11-25(12-14-26)32(39)36-35-19-23-17-28(33)31(29(34)18-23)42-20-22-6-5-9-27(16-22)38(40)41/h2-19H,20H2,1H3,(H,36,39)/b35-19+. The van der Waals surface area contributed by atoms with Crippen LogP contribution in [0.2, 0.25) is 10.0 Å². The van der Waals surface area contributed by atoms with E-state index in [4.69, 9.17) is 27.9 Å². The van der Waals surface area contributed by atoms with Crippen LogP contribution in [0.1, 0.15) is 27.2 Å². The summed E-state index contributed by atoms with van der Waals surface area (Å²) in [6.07, 6.45) is 1.42. The molecule has 0 saturated heterocycles. The smallest absolute Gasteiger partial charge is 0.271 e. The molecule has 1 aromatic heterocycles. The van der Waals surface area contributed by atoms with Gasteiger partial charge in [-0.3, -0.25) is 14.9 Å². The van der Waals surface area contributed by atoms with Crippen LogP contribution in [-0.2, 0) is 6.61 Å². The maximum absolute atomic E-state index is 12.7. The number of non-ortho nitro benzene ring substituents is 1. The van der Waals surface area contributed by atoms with E-state index in [1.165, 1.54) is 18.3 Å². The summed E-state index contributed by atoms with van der Waals surface area (Å²) in [5, 5.41) is 15.5. The molecule has 1 heterocycles. The summed E-state index contributed by atoms with van der Waals surface area (Å²) in [6, 6.07) is 30.8. The summed E-state index contributed by atoms with van der Waals surface area (Å²) in [6.45, 7) is 2.08. The fourth-order valence-corrected chi connectivity index (χ4v) is 5.03. The average molecular weight is 599 g/mol. The quantitative estimate of drug-likeness (QED) is 0.105. The number of nitro groups is 1. The number of hydrogen-bond donors (Lipinski definition) is 1. The number of nitro benzene ring substituents is 1. The lowest BCUT2D eigenvalue weighted by atomic mass is 10.1. The Bertz CT molecular complexity index is 1760. The molecule has 0 fully saturated rings. The highest BCUT2D eigenvalue weighted by molar-refractivity contribution is 6.37. The predicted octanol–water partition coefficient (Wildman–Crippen LogP) is 8.01. The largest absolute Gasteiger partial charge is 0.486 e. The van der Waals surface area contributed by atoms with Crippen LogP contribution in [0.15, 0.2) is 108 Å². The van der Waals surface area contributed by atoms with E-state index in [1.807, 2.05) is 37.3 Å². The molecule has 0 aliphatic heterocycles. The van der Waals surface area contributed by atoms with Gasteiger partial charge in [-0.05, 0) is 72.1 Å². The van der Waals surface area contributed by atoms with Gasteiger partial charge in [-0.15, -0.1) is 0 Å². The molecule has 0 bridgehead atoms. The van der Waals surface area contributed by atoms with E-state index in [1.54, 1.807) is 36.4 Å². The number of amides is 1. The van der Waals surface area contributed by atoms with Gasteiger partial charge in [-0.25, -0.2) is 5.43 Å². The molecule has 0 aliphatic carbocycles. The van der Waals surface area contributed by atoms with Crippen molar-refractivity contribution in [3.63, 3.8) is 0 Å². The van der Waals surface area contributed by atoms with E-state index in [0.29, 0.717) is 16.7 Å². The highest BCUT2D eigenvalue weighted by Gasteiger charge is 2.13. The SMILES string of the molecule is Cc1ccc(-c2ccccc2)n1-c1ccc(C(=O)N/N=C/c2cc(Cl)c(OCc3cccc([N+](=O)[O-])c3)c(Cl)c2)cc1. The van der Waals surface area contributed by atoms with Crippen molar-refractivity contribution in [2.75, 3.05) is 0 Å². The molecule has 42 heavy (non-hydrogen) atoms. The van der Waals surface area contributed by atoms with Crippen molar-refractivity contribution in [2.45, 2.75) is 13.5 Å². The van der Waals surface area contributed by atoms with Crippen molar-refractivity contribution in [3.8, 4) is 22.7 Å². The van der Waals surface area contributed by atoms with Gasteiger partial charge in [0, 0.05) is 29.1 Å². The molecule has 4 aromatic carbocycles. The topological polar surface area (TPSA) is 98.8 Å². The molecule has 10 heteroatoms. The minimum Gasteiger partial charge on any atom is -0.486 e. The number of hydrogen-bond acceptors (Lipinski definition) is 5. The number of aryl methyl sites for hydroxylation is 1. The third-order valence-electron chi connectivity index (χ3n) is 6.44. The first kappa shape index (κ1) is 28.6. The molecular formula is C32H24Cl2N4O4. The minimum absolute atomic E-state index is 0.0361. The number of nitrogens with zero attached hydrogens (tertiary/aromatic N) is 3. The van der Waals surface area contributed by atoms with E-state index in [2.05, 4.69) is 39.4 Å². The van der Waals surface area contributed by atoms with Crippen LogP contribution in [0, 0.1) is 17.0 Å². The van der Waals surface area contributed by atoms with Gasteiger partial charge < -0.3 is 9.30 Å². The fourth-order valence-electron chi connectivity index (χ4n) is 4.41. The highest BCUT2D eigenvalue weighted by Crippen LogP contribution is 2.34. The van der Waals surface area contributed by atoms with Crippen LogP contribution in [0.25, 0.3) is 16.9 Å². The molecule has 5 rings (SSSR count). The van der Waals surface area contributed by atoms with Gasteiger partial charge in [0.25, 0.3) is 11.6 Å². The number of carbonyl (C=O) groups excluding carboxylic acids is 1. The van der Waals surface area contributed by atoms with Crippen molar-refractivity contribution >= 4 is 41.0 Å². The van der Waals surface area contributed by atoms with E-state index in [9.17, 15) is 14.9 Å². The summed E-state index contributed by atoms with van der Waals surface area (Å²) < 4.78 is 7.86. The molecule has 0 saturated carbocycles. The lowest BCUT2D eigenvalue weighted by Gasteiger charge is -2.13. The first-order valence-corrected chi connectivity index (χ1v) is 13.6. The Kier molecular flexibility index (Phi) is 8.66. The van der Waals surface area contributed by atoms with E-state index in [0.717, 1.165) is 22.6 Å². The van der Waals surface area contributed by atoms with E-state index >= 15 is 0 Å². The summed E-state index contributed by atoms with van der Waals surface area (Å²) >= 11 is 12.7. The van der Waals surface area contributed by atoms with Crippen LogP contribution in [0.4, 0.5) is 5.69 Å². The van der Waals surface area contributed by atoms with Gasteiger partial charge in [0.15, 0.2) is 5.75 Å². The Morgan fingerprint density at radius 2 is 1.67 bits per heavy atom. The minimum atomic E-state index is -0.475. The molecule has 0 aliphatic rings. The molecule has 8 nitrogen and oxygen atoms in total. The van der Waals surface area contributed by atoms with Gasteiger partial charge >= 0.3 is 0 Å². The molecule has 0 radical (unpaired) electrons. The number of carbonyl (C=O) groups is 1. The van der Waals surface area contributed by atoms with Gasteiger partial charge in [0.2, 0.25) is 0 Å². The fraction of sp³-hybridized carbons (Fsp3) is 0.0625. The van der Waals surface area contributed by atoms with Crippen molar-refractivity contribution in [2.24, 2.45) is 5.10 Å². The van der Waals surface area contributed by atoms with E-state index in [-0.39, 0.29) is 34.0 Å². The van der Waals surface area contributed by atoms with Crippen molar-refractivity contribution in [1.29, 1.82) is 0 Å². The molecule has 1 N–H and O–H groups in total. The number of nitrogens with one attached hydrogen (secondary N) is 1. The van der Waals surface area contributed by atoms with Gasteiger partial charge in [0.05, 0.1) is 26.9 Å². The second-order valence-corrected chi connectivity index (χ2v) is 10.2. The van der Waals surface area contributed by atoms with Crippen LogP contribution < -0.4 is 10.2 Å². The number of rotatable bonds is 9. The first-order chi connectivity index (χ1) is 20.3. The maximum Gasteiger partial charge on any atom is 0.271 e.